The minimum Gasteiger partial charge on any atom is -0.0651 e. The molecule has 0 spiro atoms. The Morgan fingerprint density at radius 3 is 2.23 bits per heavy atom. The van der Waals surface area contributed by atoms with Crippen LogP contribution in [-0.2, 0) is 0 Å². The van der Waals surface area contributed by atoms with Crippen molar-refractivity contribution >= 4 is 0 Å². The van der Waals surface area contributed by atoms with Crippen molar-refractivity contribution in [3.63, 3.8) is 0 Å². The number of hydrogen-bond acceptors (Lipinski definition) is 0. The van der Waals surface area contributed by atoms with Crippen molar-refractivity contribution in [3.05, 3.63) is 0 Å². The van der Waals surface area contributed by atoms with Gasteiger partial charge >= 0.3 is 0 Å². The Labute approximate surface area is 84.1 Å². The van der Waals surface area contributed by atoms with Gasteiger partial charge in [-0.15, -0.1) is 0 Å². The third-order valence-electron chi connectivity index (χ3n) is 4.12. The molecule has 0 heterocycles. The molecule has 0 N–H and O–H groups in total. The van der Waals surface area contributed by atoms with E-state index in [1.807, 2.05) is 0 Å². The fourth-order valence-corrected chi connectivity index (χ4v) is 2.66. The van der Waals surface area contributed by atoms with Crippen molar-refractivity contribution in [2.75, 3.05) is 0 Å². The van der Waals surface area contributed by atoms with Crippen molar-refractivity contribution in [2.24, 2.45) is 23.2 Å². The molecule has 1 aliphatic rings. The Balaban J connectivity index is 2.22. The van der Waals surface area contributed by atoms with Crippen molar-refractivity contribution < 1.29 is 0 Å². The zero-order valence-corrected chi connectivity index (χ0v) is 10.1. The lowest BCUT2D eigenvalue weighted by molar-refractivity contribution is 0.316. The van der Waals surface area contributed by atoms with Crippen LogP contribution in [0.25, 0.3) is 0 Å². The second-order valence-corrected chi connectivity index (χ2v) is 5.82. The van der Waals surface area contributed by atoms with Gasteiger partial charge in [-0.25, -0.2) is 0 Å². The molecule has 0 bridgehead atoms. The largest absolute Gasteiger partial charge is 0.0651 e. The monoisotopic (exact) mass is 182 g/mol. The minimum atomic E-state index is 0.715. The van der Waals surface area contributed by atoms with Crippen LogP contribution >= 0.6 is 0 Å². The molecule has 0 amide bonds. The highest BCUT2D eigenvalue weighted by Crippen LogP contribution is 2.56. The second-order valence-electron chi connectivity index (χ2n) is 5.82. The molecular weight excluding hydrogens is 156 g/mol. The van der Waals surface area contributed by atoms with Gasteiger partial charge in [0.1, 0.15) is 0 Å². The van der Waals surface area contributed by atoms with E-state index in [2.05, 4.69) is 34.6 Å². The van der Waals surface area contributed by atoms with Gasteiger partial charge in [0.15, 0.2) is 0 Å². The van der Waals surface area contributed by atoms with E-state index in [0.29, 0.717) is 5.41 Å². The molecule has 13 heavy (non-hydrogen) atoms. The first-order chi connectivity index (χ1) is 5.98. The number of rotatable bonds is 5. The van der Waals surface area contributed by atoms with E-state index in [1.165, 1.54) is 25.7 Å². The van der Waals surface area contributed by atoms with Gasteiger partial charge in [-0.05, 0) is 42.4 Å². The standard InChI is InChI=1S/C13H26/c1-6-10(2)7-11(3)8-13(5)9-12(13)4/h10-12H,6-9H2,1-5H3. The van der Waals surface area contributed by atoms with Gasteiger partial charge in [0, 0.05) is 0 Å². The van der Waals surface area contributed by atoms with Gasteiger partial charge in [0.05, 0.1) is 0 Å². The summed E-state index contributed by atoms with van der Waals surface area (Å²) in [6.45, 7) is 12.0. The zero-order chi connectivity index (χ0) is 10.1. The smallest absolute Gasteiger partial charge is 0.0295 e. The fourth-order valence-electron chi connectivity index (χ4n) is 2.66. The Morgan fingerprint density at radius 1 is 1.31 bits per heavy atom. The van der Waals surface area contributed by atoms with Crippen LogP contribution in [0, 0.1) is 23.2 Å². The van der Waals surface area contributed by atoms with Crippen LogP contribution in [0.4, 0.5) is 0 Å². The SMILES string of the molecule is CCC(C)CC(C)CC1(C)CC1C. The summed E-state index contributed by atoms with van der Waals surface area (Å²) in [4.78, 5) is 0. The molecule has 0 saturated heterocycles. The lowest BCUT2D eigenvalue weighted by Gasteiger charge is -2.19. The van der Waals surface area contributed by atoms with Crippen LogP contribution in [0.2, 0.25) is 0 Å². The lowest BCUT2D eigenvalue weighted by atomic mass is 9.86. The summed E-state index contributed by atoms with van der Waals surface area (Å²) in [6.07, 6.45) is 5.70. The van der Waals surface area contributed by atoms with E-state index in [0.717, 1.165) is 17.8 Å². The van der Waals surface area contributed by atoms with E-state index in [1.54, 1.807) is 0 Å². The van der Waals surface area contributed by atoms with E-state index in [-0.39, 0.29) is 0 Å². The summed E-state index contributed by atoms with van der Waals surface area (Å²) in [6, 6.07) is 0. The van der Waals surface area contributed by atoms with Gasteiger partial charge in [0.25, 0.3) is 0 Å². The molecule has 0 nitrogen and oxygen atoms in total. The third-order valence-corrected chi connectivity index (χ3v) is 4.12. The van der Waals surface area contributed by atoms with E-state index in [4.69, 9.17) is 0 Å². The van der Waals surface area contributed by atoms with Crippen molar-refractivity contribution in [1.29, 1.82) is 0 Å². The molecule has 0 aromatic carbocycles. The minimum absolute atomic E-state index is 0.715. The molecule has 1 saturated carbocycles. The molecule has 1 aliphatic carbocycles. The summed E-state index contributed by atoms with van der Waals surface area (Å²) in [5.74, 6) is 2.85. The molecule has 4 atom stereocenters. The Bertz CT molecular complexity index is 161. The first-order valence-electron chi connectivity index (χ1n) is 5.98. The van der Waals surface area contributed by atoms with Gasteiger partial charge in [-0.3, -0.25) is 0 Å². The van der Waals surface area contributed by atoms with E-state index >= 15 is 0 Å². The lowest BCUT2D eigenvalue weighted by Crippen LogP contribution is -2.08. The molecule has 78 valence electrons. The van der Waals surface area contributed by atoms with Crippen LogP contribution in [0.15, 0.2) is 0 Å². The van der Waals surface area contributed by atoms with Gasteiger partial charge in [-0.1, -0.05) is 41.0 Å². The average Bonchev–Trinajstić information content (AvgIpc) is 2.58. The van der Waals surface area contributed by atoms with E-state index in [9.17, 15) is 0 Å². The first kappa shape index (κ1) is 11.1. The molecule has 0 aromatic heterocycles. The van der Waals surface area contributed by atoms with Crippen LogP contribution in [0.3, 0.4) is 0 Å². The van der Waals surface area contributed by atoms with Crippen molar-refractivity contribution in [3.8, 4) is 0 Å². The van der Waals surface area contributed by atoms with Gasteiger partial charge in [0.2, 0.25) is 0 Å². The van der Waals surface area contributed by atoms with Crippen molar-refractivity contribution in [2.45, 2.75) is 60.3 Å². The normalized spacial score (nSPS) is 37.2. The summed E-state index contributed by atoms with van der Waals surface area (Å²) < 4.78 is 0. The predicted octanol–water partition coefficient (Wildman–Crippen LogP) is 4.49. The zero-order valence-electron chi connectivity index (χ0n) is 10.1. The van der Waals surface area contributed by atoms with Crippen LogP contribution in [-0.4, -0.2) is 0 Å². The molecule has 0 aliphatic heterocycles. The van der Waals surface area contributed by atoms with Crippen LogP contribution < -0.4 is 0 Å². The second kappa shape index (κ2) is 4.02. The first-order valence-corrected chi connectivity index (χ1v) is 5.98. The van der Waals surface area contributed by atoms with Crippen LogP contribution in [0.5, 0.6) is 0 Å². The van der Waals surface area contributed by atoms with E-state index < -0.39 is 0 Å². The van der Waals surface area contributed by atoms with Gasteiger partial charge in [-0.2, -0.15) is 0 Å². The highest BCUT2D eigenvalue weighted by atomic mass is 14.5. The van der Waals surface area contributed by atoms with Crippen molar-refractivity contribution in [1.82, 2.24) is 0 Å². The average molecular weight is 182 g/mol. The number of hydrogen-bond donors (Lipinski definition) is 0. The third kappa shape index (κ3) is 3.00. The molecule has 1 fully saturated rings. The molecule has 0 heteroatoms. The van der Waals surface area contributed by atoms with Crippen LogP contribution in [0.1, 0.15) is 60.3 Å². The van der Waals surface area contributed by atoms with Gasteiger partial charge < -0.3 is 0 Å². The highest BCUT2D eigenvalue weighted by Gasteiger charge is 2.46. The molecule has 1 rings (SSSR count). The summed E-state index contributed by atoms with van der Waals surface area (Å²) in [5, 5.41) is 0. The Hall–Kier alpha value is 0. The maximum atomic E-state index is 2.46. The molecular formula is C13H26. The summed E-state index contributed by atoms with van der Waals surface area (Å²) in [5.41, 5.74) is 0.715. The molecule has 4 unspecified atom stereocenters. The summed E-state index contributed by atoms with van der Waals surface area (Å²) >= 11 is 0. The fraction of sp³-hybridized carbons (Fsp3) is 1.00. The quantitative estimate of drug-likeness (QED) is 0.587. The topological polar surface area (TPSA) is 0 Å². The maximum Gasteiger partial charge on any atom is -0.0295 e. The highest BCUT2D eigenvalue weighted by molar-refractivity contribution is 4.96. The maximum absolute atomic E-state index is 2.46. The summed E-state index contributed by atoms with van der Waals surface area (Å²) in [7, 11) is 0. The molecule has 0 aromatic rings. The Kier molecular flexibility index (Phi) is 3.43. The predicted molar refractivity (Wildman–Crippen MR) is 59.7 cm³/mol. The molecule has 0 radical (unpaired) electrons. The Morgan fingerprint density at radius 2 is 1.85 bits per heavy atom.